The Morgan fingerprint density at radius 1 is 1.18 bits per heavy atom. The zero-order valence-electron chi connectivity index (χ0n) is 16.0. The third-order valence-corrected chi connectivity index (χ3v) is 4.12. The first-order chi connectivity index (χ1) is 13.3. The fourth-order valence-corrected chi connectivity index (χ4v) is 2.81. The summed E-state index contributed by atoms with van der Waals surface area (Å²) in [5.41, 5.74) is 0.0447. The first kappa shape index (κ1) is 21.5. The number of halogens is 1. The Bertz CT molecular complexity index is 874. The number of benzene rings is 1. The first-order valence-electron chi connectivity index (χ1n) is 8.83. The molecule has 0 aliphatic carbocycles. The zero-order chi connectivity index (χ0) is 20.7. The Morgan fingerprint density at radius 3 is 2.54 bits per heavy atom. The molecule has 0 bridgehead atoms. The molecule has 0 saturated heterocycles. The molecule has 7 nitrogen and oxygen atoms in total. The number of furan rings is 1. The number of ketones is 1. The average molecular weight is 408 g/mol. The van der Waals surface area contributed by atoms with Crippen molar-refractivity contribution >= 4 is 35.1 Å². The van der Waals surface area contributed by atoms with Crippen LogP contribution in [-0.4, -0.2) is 30.9 Å². The van der Waals surface area contributed by atoms with E-state index in [9.17, 15) is 14.4 Å². The van der Waals surface area contributed by atoms with Crippen LogP contribution in [0.1, 0.15) is 53.2 Å². The van der Waals surface area contributed by atoms with E-state index in [-0.39, 0.29) is 54.1 Å². The minimum atomic E-state index is -0.720. The number of esters is 1. The second kappa shape index (κ2) is 9.94. The van der Waals surface area contributed by atoms with E-state index in [4.69, 9.17) is 25.5 Å². The molecule has 0 fully saturated rings. The predicted octanol–water partition coefficient (Wildman–Crippen LogP) is 4.42. The zero-order valence-corrected chi connectivity index (χ0v) is 16.7. The number of carbonyl (C=O) groups is 3. The highest BCUT2D eigenvalue weighted by Crippen LogP contribution is 2.29. The number of anilines is 1. The van der Waals surface area contributed by atoms with Crippen molar-refractivity contribution in [2.75, 3.05) is 18.5 Å². The van der Waals surface area contributed by atoms with Crippen molar-refractivity contribution in [1.82, 2.24) is 0 Å². The third-order valence-electron chi connectivity index (χ3n) is 3.81. The number of rotatable bonds is 9. The number of nitrogens with one attached hydrogen (secondary N) is 1. The summed E-state index contributed by atoms with van der Waals surface area (Å²) in [5.74, 6) is -0.745. The van der Waals surface area contributed by atoms with E-state index in [2.05, 4.69) is 5.32 Å². The SMILES string of the molecule is CCOC(=O)c1c(NC(=O)CCCOc2ccccc2Cl)oc(C)c1C(C)=O. The van der Waals surface area contributed by atoms with Gasteiger partial charge in [-0.25, -0.2) is 4.79 Å². The van der Waals surface area contributed by atoms with E-state index in [1.54, 1.807) is 38.1 Å². The summed E-state index contributed by atoms with van der Waals surface area (Å²) >= 11 is 6.00. The highest BCUT2D eigenvalue weighted by atomic mass is 35.5. The molecule has 1 amide bonds. The maximum Gasteiger partial charge on any atom is 0.344 e. The van der Waals surface area contributed by atoms with E-state index in [0.717, 1.165) is 0 Å². The Labute approximate surface area is 167 Å². The summed E-state index contributed by atoms with van der Waals surface area (Å²) in [6.07, 6.45) is 0.549. The summed E-state index contributed by atoms with van der Waals surface area (Å²) in [5, 5.41) is 3.03. The minimum absolute atomic E-state index is 0.0625. The number of para-hydroxylation sites is 1. The van der Waals surface area contributed by atoms with Gasteiger partial charge in [-0.3, -0.25) is 14.9 Å². The molecule has 0 aliphatic heterocycles. The Morgan fingerprint density at radius 2 is 1.89 bits per heavy atom. The lowest BCUT2D eigenvalue weighted by atomic mass is 10.1. The quantitative estimate of drug-likeness (QED) is 0.375. The minimum Gasteiger partial charge on any atom is -0.492 e. The molecule has 0 radical (unpaired) electrons. The Balaban J connectivity index is 1.99. The normalized spacial score (nSPS) is 10.4. The van der Waals surface area contributed by atoms with Crippen LogP contribution in [0.2, 0.25) is 5.02 Å². The van der Waals surface area contributed by atoms with Crippen molar-refractivity contribution in [2.24, 2.45) is 0 Å². The first-order valence-corrected chi connectivity index (χ1v) is 9.21. The number of amides is 1. The standard InChI is InChI=1S/C20H22ClNO6/c1-4-26-20(25)18-17(12(2)23)13(3)28-19(18)22-16(24)10-7-11-27-15-9-6-5-8-14(15)21/h5-6,8-9H,4,7,10-11H2,1-3H3,(H,22,24). The van der Waals surface area contributed by atoms with Gasteiger partial charge >= 0.3 is 5.97 Å². The number of hydrogen-bond acceptors (Lipinski definition) is 6. The van der Waals surface area contributed by atoms with Gasteiger partial charge in [0.2, 0.25) is 11.8 Å². The van der Waals surface area contributed by atoms with E-state index >= 15 is 0 Å². The van der Waals surface area contributed by atoms with Gasteiger partial charge in [0.1, 0.15) is 17.1 Å². The van der Waals surface area contributed by atoms with Crippen LogP contribution in [0.5, 0.6) is 5.75 Å². The molecular formula is C20H22ClNO6. The monoisotopic (exact) mass is 407 g/mol. The van der Waals surface area contributed by atoms with Gasteiger partial charge in [0, 0.05) is 6.42 Å². The molecule has 0 saturated carbocycles. The molecule has 1 N–H and O–H groups in total. The van der Waals surface area contributed by atoms with Crippen molar-refractivity contribution < 1.29 is 28.3 Å². The van der Waals surface area contributed by atoms with Crippen LogP contribution >= 0.6 is 11.6 Å². The molecule has 1 heterocycles. The summed E-state index contributed by atoms with van der Waals surface area (Å²) in [4.78, 5) is 36.3. The van der Waals surface area contributed by atoms with Gasteiger partial charge in [0.15, 0.2) is 5.78 Å². The summed E-state index contributed by atoms with van der Waals surface area (Å²) in [6.45, 7) is 4.94. The number of Topliss-reactive ketones (excluding diaryl/α,β-unsaturated/α-hetero) is 1. The fourth-order valence-electron chi connectivity index (χ4n) is 2.62. The second-order valence-electron chi connectivity index (χ2n) is 5.94. The van der Waals surface area contributed by atoms with Crippen molar-refractivity contribution in [3.63, 3.8) is 0 Å². The van der Waals surface area contributed by atoms with Crippen LogP contribution in [0.4, 0.5) is 5.88 Å². The molecule has 0 atom stereocenters. The van der Waals surface area contributed by atoms with Gasteiger partial charge in [-0.05, 0) is 39.3 Å². The molecule has 0 spiro atoms. The summed E-state index contributed by atoms with van der Waals surface area (Å²) < 4.78 is 15.9. The molecule has 1 aromatic carbocycles. The van der Waals surface area contributed by atoms with Crippen molar-refractivity contribution in [1.29, 1.82) is 0 Å². The van der Waals surface area contributed by atoms with E-state index in [1.807, 2.05) is 0 Å². The van der Waals surface area contributed by atoms with Crippen molar-refractivity contribution in [2.45, 2.75) is 33.6 Å². The second-order valence-corrected chi connectivity index (χ2v) is 6.35. The maximum absolute atomic E-state index is 12.2. The van der Waals surface area contributed by atoms with Crippen LogP contribution in [0.3, 0.4) is 0 Å². The number of ether oxygens (including phenoxy) is 2. The molecule has 8 heteroatoms. The fraction of sp³-hybridized carbons (Fsp3) is 0.350. The molecular weight excluding hydrogens is 386 g/mol. The topological polar surface area (TPSA) is 94.8 Å². The lowest BCUT2D eigenvalue weighted by Gasteiger charge is -2.08. The number of hydrogen-bond donors (Lipinski definition) is 1. The summed E-state index contributed by atoms with van der Waals surface area (Å²) in [6, 6.07) is 7.05. The lowest BCUT2D eigenvalue weighted by Crippen LogP contribution is -2.16. The molecule has 0 unspecified atom stereocenters. The Kier molecular flexibility index (Phi) is 7.63. The number of carbonyl (C=O) groups excluding carboxylic acids is 3. The van der Waals surface area contributed by atoms with Gasteiger partial charge in [-0.15, -0.1) is 0 Å². The van der Waals surface area contributed by atoms with Crippen LogP contribution in [0, 0.1) is 6.92 Å². The molecule has 28 heavy (non-hydrogen) atoms. The highest BCUT2D eigenvalue weighted by molar-refractivity contribution is 6.32. The Hall–Kier alpha value is -2.80. The van der Waals surface area contributed by atoms with Crippen LogP contribution < -0.4 is 10.1 Å². The molecule has 0 aliphatic rings. The van der Waals surface area contributed by atoms with Crippen molar-refractivity contribution in [3.8, 4) is 5.75 Å². The van der Waals surface area contributed by atoms with Gasteiger partial charge < -0.3 is 13.9 Å². The van der Waals surface area contributed by atoms with Gasteiger partial charge in [-0.1, -0.05) is 23.7 Å². The average Bonchev–Trinajstić information content (AvgIpc) is 2.96. The van der Waals surface area contributed by atoms with E-state index < -0.39 is 5.97 Å². The largest absolute Gasteiger partial charge is 0.492 e. The van der Waals surface area contributed by atoms with Crippen LogP contribution in [-0.2, 0) is 9.53 Å². The van der Waals surface area contributed by atoms with Gasteiger partial charge in [0.25, 0.3) is 0 Å². The van der Waals surface area contributed by atoms with E-state index in [0.29, 0.717) is 17.2 Å². The maximum atomic E-state index is 12.2. The summed E-state index contributed by atoms with van der Waals surface area (Å²) in [7, 11) is 0. The van der Waals surface area contributed by atoms with Gasteiger partial charge in [0.05, 0.1) is 23.8 Å². The molecule has 2 rings (SSSR count). The molecule has 2 aromatic rings. The number of aryl methyl sites for hydroxylation is 1. The molecule has 150 valence electrons. The van der Waals surface area contributed by atoms with Gasteiger partial charge in [-0.2, -0.15) is 0 Å². The van der Waals surface area contributed by atoms with Crippen molar-refractivity contribution in [3.05, 3.63) is 46.2 Å². The van der Waals surface area contributed by atoms with Crippen LogP contribution in [0.25, 0.3) is 0 Å². The molecule has 1 aromatic heterocycles. The smallest absolute Gasteiger partial charge is 0.344 e. The lowest BCUT2D eigenvalue weighted by molar-refractivity contribution is -0.116. The van der Waals surface area contributed by atoms with E-state index in [1.165, 1.54) is 6.92 Å². The van der Waals surface area contributed by atoms with Crippen LogP contribution in [0.15, 0.2) is 28.7 Å². The highest BCUT2D eigenvalue weighted by Gasteiger charge is 2.28. The predicted molar refractivity (Wildman–Crippen MR) is 104 cm³/mol. The third kappa shape index (κ3) is 5.36.